The molecule has 6 heteroatoms. The molecule has 0 spiro atoms. The van der Waals surface area contributed by atoms with Crippen LogP contribution in [0.4, 0.5) is 4.39 Å². The molecule has 0 saturated carbocycles. The quantitative estimate of drug-likeness (QED) is 0.835. The van der Waals surface area contributed by atoms with Crippen molar-refractivity contribution in [1.82, 2.24) is 4.90 Å². The molecule has 1 aromatic carbocycles. The van der Waals surface area contributed by atoms with Crippen LogP contribution in [0.25, 0.3) is 0 Å². The van der Waals surface area contributed by atoms with E-state index in [0.29, 0.717) is 12.1 Å². The highest BCUT2D eigenvalue weighted by Crippen LogP contribution is 2.18. The number of aliphatic carboxylic acids is 1. The third-order valence-electron chi connectivity index (χ3n) is 2.84. The Hall–Kier alpha value is -2.11. The Kier molecular flexibility index (Phi) is 6.14. The predicted molar refractivity (Wildman–Crippen MR) is 75.7 cm³/mol. The van der Waals surface area contributed by atoms with Crippen LogP contribution in [-0.4, -0.2) is 42.1 Å². The van der Waals surface area contributed by atoms with E-state index in [0.717, 1.165) is 0 Å². The van der Waals surface area contributed by atoms with Gasteiger partial charge in [-0.2, -0.15) is 0 Å². The molecule has 1 N–H and O–H groups in total. The van der Waals surface area contributed by atoms with E-state index in [4.69, 9.17) is 9.84 Å². The molecule has 1 aromatic rings. The van der Waals surface area contributed by atoms with E-state index < -0.39 is 11.8 Å². The van der Waals surface area contributed by atoms with E-state index in [9.17, 15) is 14.0 Å². The molecule has 0 aliphatic rings. The van der Waals surface area contributed by atoms with Gasteiger partial charge in [0.1, 0.15) is 6.54 Å². The maximum Gasteiger partial charge on any atom is 0.323 e. The summed E-state index contributed by atoms with van der Waals surface area (Å²) in [5.74, 6) is -1.69. The van der Waals surface area contributed by atoms with Gasteiger partial charge in [-0.15, -0.1) is 0 Å². The van der Waals surface area contributed by atoms with Crippen molar-refractivity contribution in [3.63, 3.8) is 0 Å². The predicted octanol–water partition coefficient (Wildman–Crippen LogP) is 1.95. The van der Waals surface area contributed by atoms with E-state index in [1.807, 2.05) is 13.8 Å². The summed E-state index contributed by atoms with van der Waals surface area (Å²) in [5.41, 5.74) is 0.484. The largest absolute Gasteiger partial charge is 0.494 e. The maximum absolute atomic E-state index is 13.6. The van der Waals surface area contributed by atoms with Gasteiger partial charge in [0.2, 0.25) is 5.91 Å². The number of ether oxygens (including phenoxy) is 1. The second kappa shape index (κ2) is 7.61. The molecule has 0 atom stereocenters. The molecule has 0 fully saturated rings. The zero-order chi connectivity index (χ0) is 16.0. The summed E-state index contributed by atoms with van der Waals surface area (Å²) in [6, 6.07) is 4.26. The lowest BCUT2D eigenvalue weighted by atomic mass is 10.1. The molecule has 21 heavy (non-hydrogen) atoms. The van der Waals surface area contributed by atoms with Crippen LogP contribution in [0.5, 0.6) is 5.75 Å². The SMILES string of the molecule is COc1ccc(CC(=O)N(CC(=O)O)CC(C)C)cc1F. The molecule has 0 saturated heterocycles. The fourth-order valence-electron chi connectivity index (χ4n) is 1.96. The molecule has 1 rings (SSSR count). The Morgan fingerprint density at radius 2 is 2.05 bits per heavy atom. The van der Waals surface area contributed by atoms with Crippen molar-refractivity contribution >= 4 is 11.9 Å². The number of carbonyl (C=O) groups excluding carboxylic acids is 1. The highest BCUT2D eigenvalue weighted by atomic mass is 19.1. The topological polar surface area (TPSA) is 66.8 Å². The molecule has 0 bridgehead atoms. The number of amides is 1. The standard InChI is InChI=1S/C15H20FNO4/c1-10(2)8-17(9-15(19)20)14(18)7-11-4-5-13(21-3)12(16)6-11/h4-6,10H,7-9H2,1-3H3,(H,19,20). The number of benzene rings is 1. The van der Waals surface area contributed by atoms with Crippen LogP contribution in [0.15, 0.2) is 18.2 Å². The summed E-state index contributed by atoms with van der Waals surface area (Å²) in [6.07, 6.45) is -0.0408. The van der Waals surface area contributed by atoms with Crippen LogP contribution in [0, 0.1) is 11.7 Å². The van der Waals surface area contributed by atoms with Crippen molar-refractivity contribution in [1.29, 1.82) is 0 Å². The summed E-state index contributed by atoms with van der Waals surface area (Å²) < 4.78 is 18.4. The number of methoxy groups -OCH3 is 1. The first-order valence-corrected chi connectivity index (χ1v) is 6.65. The van der Waals surface area contributed by atoms with Crippen LogP contribution >= 0.6 is 0 Å². The Labute approximate surface area is 123 Å². The Morgan fingerprint density at radius 3 is 2.52 bits per heavy atom. The Bertz CT molecular complexity index is 516. The van der Waals surface area contributed by atoms with Crippen molar-refractivity contribution in [2.45, 2.75) is 20.3 Å². The van der Waals surface area contributed by atoms with Gasteiger partial charge in [-0.05, 0) is 23.6 Å². The molecule has 0 aliphatic carbocycles. The van der Waals surface area contributed by atoms with Crippen molar-refractivity contribution in [2.24, 2.45) is 5.92 Å². The maximum atomic E-state index is 13.6. The van der Waals surface area contributed by atoms with Crippen LogP contribution in [0.1, 0.15) is 19.4 Å². The first kappa shape index (κ1) is 16.9. The monoisotopic (exact) mass is 297 g/mol. The van der Waals surface area contributed by atoms with Gasteiger partial charge in [0, 0.05) is 6.54 Å². The molecule has 0 aliphatic heterocycles. The number of nitrogens with zero attached hydrogens (tertiary/aromatic N) is 1. The van der Waals surface area contributed by atoms with Gasteiger partial charge in [-0.1, -0.05) is 19.9 Å². The summed E-state index contributed by atoms with van der Waals surface area (Å²) in [5, 5.41) is 8.85. The summed E-state index contributed by atoms with van der Waals surface area (Å²) in [6.45, 7) is 3.80. The number of hydrogen-bond donors (Lipinski definition) is 1. The minimum absolute atomic E-state index is 0.0408. The van der Waals surface area contributed by atoms with E-state index in [1.54, 1.807) is 6.07 Å². The molecule has 0 radical (unpaired) electrons. The molecule has 0 heterocycles. The molecule has 5 nitrogen and oxygen atoms in total. The normalized spacial score (nSPS) is 10.5. The van der Waals surface area contributed by atoms with Gasteiger partial charge in [0.25, 0.3) is 0 Å². The van der Waals surface area contributed by atoms with Crippen molar-refractivity contribution in [3.05, 3.63) is 29.6 Å². The molecule has 116 valence electrons. The van der Waals surface area contributed by atoms with Gasteiger partial charge < -0.3 is 14.7 Å². The lowest BCUT2D eigenvalue weighted by Gasteiger charge is -2.22. The van der Waals surface area contributed by atoms with E-state index in [1.165, 1.54) is 24.1 Å². The van der Waals surface area contributed by atoms with Crippen LogP contribution in [-0.2, 0) is 16.0 Å². The molecule has 0 unspecified atom stereocenters. The number of carbonyl (C=O) groups is 2. The van der Waals surface area contributed by atoms with Crippen LogP contribution in [0.3, 0.4) is 0 Å². The van der Waals surface area contributed by atoms with Crippen LogP contribution in [0.2, 0.25) is 0 Å². The molecule has 1 amide bonds. The van der Waals surface area contributed by atoms with Crippen molar-refractivity contribution < 1.29 is 23.8 Å². The van der Waals surface area contributed by atoms with Crippen molar-refractivity contribution in [2.75, 3.05) is 20.2 Å². The van der Waals surface area contributed by atoms with Gasteiger partial charge >= 0.3 is 5.97 Å². The minimum Gasteiger partial charge on any atom is -0.494 e. The number of halogens is 1. The lowest BCUT2D eigenvalue weighted by molar-refractivity contribution is -0.144. The summed E-state index contributed by atoms with van der Waals surface area (Å²) in [4.78, 5) is 24.2. The van der Waals surface area contributed by atoms with Gasteiger partial charge in [-0.25, -0.2) is 4.39 Å². The lowest BCUT2D eigenvalue weighted by Crippen LogP contribution is -2.39. The average molecular weight is 297 g/mol. The first-order chi connectivity index (χ1) is 9.83. The zero-order valence-electron chi connectivity index (χ0n) is 12.4. The van der Waals surface area contributed by atoms with Gasteiger partial charge in [-0.3, -0.25) is 9.59 Å². The third-order valence-corrected chi connectivity index (χ3v) is 2.84. The second-order valence-corrected chi connectivity index (χ2v) is 5.21. The van der Waals surface area contributed by atoms with Crippen LogP contribution < -0.4 is 4.74 Å². The minimum atomic E-state index is -1.06. The first-order valence-electron chi connectivity index (χ1n) is 6.65. The number of rotatable bonds is 7. The summed E-state index contributed by atoms with van der Waals surface area (Å²) in [7, 11) is 1.36. The highest BCUT2D eigenvalue weighted by molar-refractivity contribution is 5.83. The number of carboxylic acid groups (broad SMARTS) is 1. The second-order valence-electron chi connectivity index (χ2n) is 5.21. The number of hydrogen-bond acceptors (Lipinski definition) is 3. The van der Waals surface area contributed by atoms with Crippen molar-refractivity contribution in [3.8, 4) is 5.75 Å². The highest BCUT2D eigenvalue weighted by Gasteiger charge is 2.18. The average Bonchev–Trinajstić information content (AvgIpc) is 2.37. The zero-order valence-corrected chi connectivity index (χ0v) is 12.4. The fourth-order valence-corrected chi connectivity index (χ4v) is 1.96. The Balaban J connectivity index is 2.80. The van der Waals surface area contributed by atoms with Gasteiger partial charge in [0.15, 0.2) is 11.6 Å². The van der Waals surface area contributed by atoms with E-state index >= 15 is 0 Å². The summed E-state index contributed by atoms with van der Waals surface area (Å²) >= 11 is 0. The fraction of sp³-hybridized carbons (Fsp3) is 0.467. The Morgan fingerprint density at radius 1 is 1.38 bits per heavy atom. The molecular weight excluding hydrogens is 277 g/mol. The molecule has 0 aromatic heterocycles. The van der Waals surface area contributed by atoms with E-state index in [-0.39, 0.29) is 30.5 Å². The van der Waals surface area contributed by atoms with Gasteiger partial charge in [0.05, 0.1) is 13.5 Å². The molecular formula is C15H20FNO4. The number of carboxylic acids is 1. The third kappa shape index (κ3) is 5.41. The van der Waals surface area contributed by atoms with E-state index in [2.05, 4.69) is 0 Å². The smallest absolute Gasteiger partial charge is 0.323 e.